The smallest absolute Gasteiger partial charge is 0.0598 e. The van der Waals surface area contributed by atoms with Crippen molar-refractivity contribution in [3.63, 3.8) is 0 Å². The molecule has 0 amide bonds. The molecule has 1 atom stereocenters. The second kappa shape index (κ2) is 5.93. The van der Waals surface area contributed by atoms with E-state index in [2.05, 4.69) is 22.1 Å². The Hall–Kier alpha value is -1.74. The van der Waals surface area contributed by atoms with Gasteiger partial charge in [-0.15, -0.1) is 0 Å². The molecular weight excluding hydrogens is 258 g/mol. The minimum Gasteiger partial charge on any atom is -0.377 e. The Kier molecular flexibility index (Phi) is 4.27. The monoisotopic (exact) mass is 275 g/mol. The molecule has 1 N–H and O–H groups in total. The Labute approximate surface area is 119 Å². The van der Waals surface area contributed by atoms with Gasteiger partial charge in [-0.25, -0.2) is 0 Å². The molecule has 0 radical (unpaired) electrons. The molecule has 3 nitrogen and oxygen atoms in total. The van der Waals surface area contributed by atoms with E-state index >= 15 is 0 Å². The second-order valence-electron chi connectivity index (χ2n) is 4.70. The normalized spacial score (nSPS) is 12.0. The molecule has 1 aromatic heterocycles. The summed E-state index contributed by atoms with van der Waals surface area (Å²) in [6.45, 7) is 2.12. The predicted octanol–water partition coefficient (Wildman–Crippen LogP) is 3.97. The molecule has 1 unspecified atom stereocenters. The minimum atomic E-state index is 0.195. The van der Waals surface area contributed by atoms with Crippen LogP contribution >= 0.6 is 11.6 Å². The van der Waals surface area contributed by atoms with Crippen LogP contribution in [-0.4, -0.2) is 19.1 Å². The van der Waals surface area contributed by atoms with Gasteiger partial charge in [-0.05, 0) is 42.8 Å². The highest BCUT2D eigenvalue weighted by Crippen LogP contribution is 2.30. The van der Waals surface area contributed by atoms with Crippen molar-refractivity contribution in [2.75, 3.05) is 24.3 Å². The lowest BCUT2D eigenvalue weighted by Gasteiger charge is -2.22. The van der Waals surface area contributed by atoms with Crippen molar-refractivity contribution in [2.24, 2.45) is 0 Å². The standard InChI is InChI=1S/C15H18ClN3/c1-11(12-6-8-17-9-7-12)18-14-10-13(16)4-5-15(14)19(2)3/h4-11,18H,1-3H3. The first-order chi connectivity index (χ1) is 9.08. The molecule has 2 aromatic rings. The summed E-state index contributed by atoms with van der Waals surface area (Å²) < 4.78 is 0. The number of hydrogen-bond donors (Lipinski definition) is 1. The molecule has 0 aliphatic rings. The second-order valence-corrected chi connectivity index (χ2v) is 5.14. The maximum absolute atomic E-state index is 6.08. The van der Waals surface area contributed by atoms with Crippen LogP contribution < -0.4 is 10.2 Å². The van der Waals surface area contributed by atoms with Gasteiger partial charge in [0.25, 0.3) is 0 Å². The number of hydrogen-bond acceptors (Lipinski definition) is 3. The first-order valence-corrected chi connectivity index (χ1v) is 6.59. The molecule has 100 valence electrons. The quantitative estimate of drug-likeness (QED) is 0.915. The lowest BCUT2D eigenvalue weighted by molar-refractivity contribution is 0.879. The Morgan fingerprint density at radius 2 is 1.84 bits per heavy atom. The van der Waals surface area contributed by atoms with Gasteiger partial charge in [0, 0.05) is 37.6 Å². The summed E-state index contributed by atoms with van der Waals surface area (Å²) in [5, 5.41) is 4.23. The molecule has 0 spiro atoms. The number of rotatable bonds is 4. The number of halogens is 1. The molecule has 0 saturated carbocycles. The number of anilines is 2. The van der Waals surface area contributed by atoms with Crippen molar-refractivity contribution >= 4 is 23.0 Å². The molecule has 0 aliphatic carbocycles. The Bertz CT molecular complexity index is 540. The number of nitrogens with zero attached hydrogens (tertiary/aromatic N) is 2. The molecule has 0 fully saturated rings. The minimum absolute atomic E-state index is 0.195. The zero-order valence-corrected chi connectivity index (χ0v) is 12.1. The summed E-state index contributed by atoms with van der Waals surface area (Å²) in [6, 6.07) is 10.1. The van der Waals surface area contributed by atoms with Crippen LogP contribution in [0.4, 0.5) is 11.4 Å². The average molecular weight is 276 g/mol. The van der Waals surface area contributed by atoms with Gasteiger partial charge < -0.3 is 10.2 Å². The first-order valence-electron chi connectivity index (χ1n) is 6.21. The first kappa shape index (κ1) is 13.7. The topological polar surface area (TPSA) is 28.2 Å². The molecule has 19 heavy (non-hydrogen) atoms. The number of aromatic nitrogens is 1. The Morgan fingerprint density at radius 3 is 2.47 bits per heavy atom. The van der Waals surface area contributed by atoms with Crippen molar-refractivity contribution < 1.29 is 0 Å². The zero-order valence-electron chi connectivity index (χ0n) is 11.4. The summed E-state index contributed by atoms with van der Waals surface area (Å²) in [5.41, 5.74) is 3.34. The van der Waals surface area contributed by atoms with E-state index in [0.717, 1.165) is 16.4 Å². The number of benzene rings is 1. The van der Waals surface area contributed by atoms with Crippen molar-refractivity contribution in [1.82, 2.24) is 4.98 Å². The van der Waals surface area contributed by atoms with E-state index in [1.165, 1.54) is 5.56 Å². The molecule has 0 saturated heterocycles. The molecule has 4 heteroatoms. The van der Waals surface area contributed by atoms with Crippen molar-refractivity contribution in [2.45, 2.75) is 13.0 Å². The van der Waals surface area contributed by atoms with Crippen LogP contribution in [0, 0.1) is 0 Å². The summed E-state index contributed by atoms with van der Waals surface area (Å²) in [6.07, 6.45) is 3.61. The van der Waals surface area contributed by atoms with Crippen molar-refractivity contribution in [1.29, 1.82) is 0 Å². The Balaban J connectivity index is 2.25. The SMILES string of the molecule is CC(Nc1cc(Cl)ccc1N(C)C)c1ccncc1. The zero-order chi connectivity index (χ0) is 13.8. The van der Waals surface area contributed by atoms with Gasteiger partial charge in [0.2, 0.25) is 0 Å². The van der Waals surface area contributed by atoms with Gasteiger partial charge in [0.1, 0.15) is 0 Å². The highest BCUT2D eigenvalue weighted by Gasteiger charge is 2.10. The third-order valence-corrected chi connectivity index (χ3v) is 3.25. The van der Waals surface area contributed by atoms with Gasteiger partial charge in [0.05, 0.1) is 11.4 Å². The molecule has 1 aromatic carbocycles. The summed E-state index contributed by atoms with van der Waals surface area (Å²) >= 11 is 6.08. The maximum atomic E-state index is 6.08. The molecule has 1 heterocycles. The fourth-order valence-electron chi connectivity index (χ4n) is 1.98. The van der Waals surface area contributed by atoms with Crippen LogP contribution in [0.3, 0.4) is 0 Å². The highest BCUT2D eigenvalue weighted by atomic mass is 35.5. The molecular formula is C15H18ClN3. The molecule has 0 bridgehead atoms. The van der Waals surface area contributed by atoms with E-state index in [1.807, 2.05) is 44.4 Å². The van der Waals surface area contributed by atoms with E-state index in [-0.39, 0.29) is 6.04 Å². The van der Waals surface area contributed by atoms with Crippen LogP contribution in [0.15, 0.2) is 42.7 Å². The lowest BCUT2D eigenvalue weighted by atomic mass is 10.1. The van der Waals surface area contributed by atoms with Crippen LogP contribution in [0.2, 0.25) is 5.02 Å². The van der Waals surface area contributed by atoms with E-state index in [4.69, 9.17) is 11.6 Å². The van der Waals surface area contributed by atoms with Crippen LogP contribution in [0.1, 0.15) is 18.5 Å². The van der Waals surface area contributed by atoms with Gasteiger partial charge in [-0.2, -0.15) is 0 Å². The third kappa shape index (κ3) is 3.38. The number of pyridine rings is 1. The summed E-state index contributed by atoms with van der Waals surface area (Å²) in [4.78, 5) is 6.10. The summed E-state index contributed by atoms with van der Waals surface area (Å²) in [5.74, 6) is 0. The van der Waals surface area contributed by atoms with E-state index in [1.54, 1.807) is 12.4 Å². The van der Waals surface area contributed by atoms with Gasteiger partial charge in [0.15, 0.2) is 0 Å². The van der Waals surface area contributed by atoms with Crippen molar-refractivity contribution in [3.05, 3.63) is 53.3 Å². The average Bonchev–Trinajstić information content (AvgIpc) is 2.39. The van der Waals surface area contributed by atoms with E-state index in [0.29, 0.717) is 0 Å². The number of nitrogens with one attached hydrogen (secondary N) is 1. The van der Waals surface area contributed by atoms with Gasteiger partial charge >= 0.3 is 0 Å². The van der Waals surface area contributed by atoms with E-state index in [9.17, 15) is 0 Å². The van der Waals surface area contributed by atoms with Crippen LogP contribution in [0.5, 0.6) is 0 Å². The highest BCUT2D eigenvalue weighted by molar-refractivity contribution is 6.31. The molecule has 2 rings (SSSR count). The fourth-order valence-corrected chi connectivity index (χ4v) is 2.15. The van der Waals surface area contributed by atoms with Crippen LogP contribution in [-0.2, 0) is 0 Å². The Morgan fingerprint density at radius 1 is 1.16 bits per heavy atom. The lowest BCUT2D eigenvalue weighted by Crippen LogP contribution is -2.14. The predicted molar refractivity (Wildman–Crippen MR) is 82.1 cm³/mol. The molecule has 0 aliphatic heterocycles. The van der Waals surface area contributed by atoms with Crippen molar-refractivity contribution in [3.8, 4) is 0 Å². The van der Waals surface area contributed by atoms with E-state index < -0.39 is 0 Å². The summed E-state index contributed by atoms with van der Waals surface area (Å²) in [7, 11) is 4.04. The largest absolute Gasteiger partial charge is 0.377 e. The van der Waals surface area contributed by atoms with Crippen LogP contribution in [0.25, 0.3) is 0 Å². The maximum Gasteiger partial charge on any atom is 0.0598 e. The third-order valence-electron chi connectivity index (χ3n) is 3.02. The van der Waals surface area contributed by atoms with Gasteiger partial charge in [-0.3, -0.25) is 4.98 Å². The fraction of sp³-hybridized carbons (Fsp3) is 0.267. The van der Waals surface area contributed by atoms with Gasteiger partial charge in [-0.1, -0.05) is 11.6 Å².